The molecule has 1 heterocycles. The van der Waals surface area contributed by atoms with Crippen LogP contribution in [0, 0.1) is 9.49 Å². The summed E-state index contributed by atoms with van der Waals surface area (Å²) in [6.07, 6.45) is 2.50. The lowest BCUT2D eigenvalue weighted by molar-refractivity contribution is -0.130. The second kappa shape index (κ2) is 6.50. The molecule has 0 saturated carbocycles. The molecule has 0 bridgehead atoms. The maximum Gasteiger partial charge on any atom is 0.222 e. The molecule has 1 fully saturated rings. The summed E-state index contributed by atoms with van der Waals surface area (Å²) in [5, 5.41) is 0. The molecule has 0 aromatic heterocycles. The Balaban J connectivity index is 2.01. The van der Waals surface area contributed by atoms with Gasteiger partial charge in [-0.25, -0.2) is 0 Å². The quantitative estimate of drug-likeness (QED) is 0.605. The highest BCUT2D eigenvalue weighted by atomic mass is 127. The van der Waals surface area contributed by atoms with Crippen LogP contribution in [0.4, 0.5) is 0 Å². The van der Waals surface area contributed by atoms with Crippen LogP contribution in [-0.4, -0.2) is 29.7 Å². The Morgan fingerprint density at radius 3 is 2.68 bits per heavy atom. The largest absolute Gasteiger partial charge is 0.335 e. The normalized spacial score (nSPS) is 20.2. The number of rotatable bonds is 3. The zero-order valence-corrected chi connectivity index (χ0v) is 13.2. The monoisotopic (exact) mass is 371 g/mol. The van der Waals surface area contributed by atoms with Crippen LogP contribution in [-0.2, 0) is 4.79 Å². The molecule has 1 amide bonds. The molecule has 2 rings (SSSR count). The van der Waals surface area contributed by atoms with Gasteiger partial charge in [-0.2, -0.15) is 0 Å². The molecule has 0 N–H and O–H groups in total. The number of benzene rings is 1. The molecule has 4 heteroatoms. The van der Waals surface area contributed by atoms with E-state index in [0.29, 0.717) is 24.4 Å². The highest BCUT2D eigenvalue weighted by Gasteiger charge is 2.22. The summed E-state index contributed by atoms with van der Waals surface area (Å²) in [6, 6.07) is 7.49. The predicted octanol–water partition coefficient (Wildman–Crippen LogP) is 3.12. The van der Waals surface area contributed by atoms with E-state index in [2.05, 4.69) is 29.5 Å². The van der Waals surface area contributed by atoms with Crippen LogP contribution >= 0.6 is 22.6 Å². The summed E-state index contributed by atoms with van der Waals surface area (Å²) in [6.45, 7) is 3.08. The van der Waals surface area contributed by atoms with Crippen LogP contribution in [0.5, 0.6) is 0 Å². The molecule has 1 aliphatic heterocycles. The van der Waals surface area contributed by atoms with E-state index in [4.69, 9.17) is 0 Å². The first kappa shape index (κ1) is 14.5. The van der Waals surface area contributed by atoms with E-state index in [0.717, 1.165) is 16.4 Å². The minimum absolute atomic E-state index is 0.0271. The number of carbonyl (C=O) groups excluding carboxylic acids is 2. The maximum atomic E-state index is 12.2. The zero-order chi connectivity index (χ0) is 13.8. The molecule has 102 valence electrons. The Labute approximate surface area is 127 Å². The maximum absolute atomic E-state index is 12.2. The van der Waals surface area contributed by atoms with Crippen molar-refractivity contribution in [2.75, 3.05) is 13.1 Å². The van der Waals surface area contributed by atoms with E-state index in [1.807, 2.05) is 24.3 Å². The highest BCUT2D eigenvalue weighted by molar-refractivity contribution is 14.1. The van der Waals surface area contributed by atoms with Crippen LogP contribution < -0.4 is 0 Å². The van der Waals surface area contributed by atoms with Gasteiger partial charge in [-0.05, 0) is 53.5 Å². The Morgan fingerprint density at radius 2 is 2.00 bits per heavy atom. The van der Waals surface area contributed by atoms with Crippen LogP contribution in [0.2, 0.25) is 0 Å². The van der Waals surface area contributed by atoms with Crippen molar-refractivity contribution in [1.29, 1.82) is 0 Å². The minimum Gasteiger partial charge on any atom is -0.335 e. The molecule has 3 nitrogen and oxygen atoms in total. The summed E-state index contributed by atoms with van der Waals surface area (Å²) < 4.78 is 1.11. The van der Waals surface area contributed by atoms with E-state index in [-0.39, 0.29) is 18.2 Å². The summed E-state index contributed by atoms with van der Waals surface area (Å²) in [5.74, 6) is 0.713. The van der Waals surface area contributed by atoms with Crippen LogP contribution in [0.3, 0.4) is 0 Å². The summed E-state index contributed by atoms with van der Waals surface area (Å²) >= 11 is 2.21. The number of hydrogen-bond donors (Lipinski definition) is 0. The zero-order valence-electron chi connectivity index (χ0n) is 11.1. The number of carbonyl (C=O) groups is 2. The average Bonchev–Trinajstić information content (AvgIpc) is 2.55. The van der Waals surface area contributed by atoms with Crippen molar-refractivity contribution in [2.45, 2.75) is 26.2 Å². The van der Waals surface area contributed by atoms with Gasteiger partial charge in [0, 0.05) is 22.1 Å². The van der Waals surface area contributed by atoms with E-state index in [9.17, 15) is 9.59 Å². The highest BCUT2D eigenvalue weighted by Crippen LogP contribution is 2.18. The lowest BCUT2D eigenvalue weighted by atomic mass is 10.0. The molecule has 1 aromatic rings. The summed E-state index contributed by atoms with van der Waals surface area (Å²) in [5.41, 5.74) is 0.686. The number of likely N-dealkylation sites (tertiary alicyclic amines) is 1. The van der Waals surface area contributed by atoms with Gasteiger partial charge < -0.3 is 4.90 Å². The third kappa shape index (κ3) is 4.03. The number of ketones is 1. The van der Waals surface area contributed by atoms with Gasteiger partial charge in [0.25, 0.3) is 0 Å². The topological polar surface area (TPSA) is 37.4 Å². The second-order valence-corrected chi connectivity index (χ2v) is 6.42. The summed E-state index contributed by atoms with van der Waals surface area (Å²) in [4.78, 5) is 25.8. The molecule has 1 aromatic carbocycles. The van der Waals surface area contributed by atoms with E-state index < -0.39 is 0 Å². The third-order valence-corrected chi connectivity index (χ3v) is 4.32. The van der Waals surface area contributed by atoms with Crippen molar-refractivity contribution in [3.8, 4) is 0 Å². The first-order valence-corrected chi connectivity index (χ1v) is 7.70. The van der Waals surface area contributed by atoms with E-state index in [1.165, 1.54) is 0 Å². The molecular formula is C15H18INO2. The Kier molecular flexibility index (Phi) is 4.96. The number of Topliss-reactive ketones (excluding diaryl/α,β-unsaturated/α-hetero) is 1. The van der Waals surface area contributed by atoms with E-state index >= 15 is 0 Å². The van der Waals surface area contributed by atoms with Crippen LogP contribution in [0.15, 0.2) is 24.3 Å². The molecule has 1 unspecified atom stereocenters. The Bertz CT molecular complexity index is 470. The molecule has 1 aliphatic rings. The molecule has 0 aliphatic carbocycles. The first-order valence-electron chi connectivity index (χ1n) is 6.63. The molecule has 0 spiro atoms. The molecule has 19 heavy (non-hydrogen) atoms. The van der Waals surface area contributed by atoms with Gasteiger partial charge in [-0.1, -0.05) is 19.1 Å². The average molecular weight is 371 g/mol. The van der Waals surface area contributed by atoms with Gasteiger partial charge in [0.1, 0.15) is 0 Å². The van der Waals surface area contributed by atoms with Gasteiger partial charge in [0.2, 0.25) is 5.91 Å². The standard InChI is InChI=1S/C15H18INO2/c1-11-2-7-15(19)17(9-8-11)10-14(18)12-3-5-13(16)6-4-12/h3-6,11H,2,7-10H2,1H3. The van der Waals surface area contributed by atoms with Gasteiger partial charge in [0.05, 0.1) is 6.54 Å². The number of hydrogen-bond acceptors (Lipinski definition) is 2. The minimum atomic E-state index is 0.0271. The van der Waals surface area contributed by atoms with Gasteiger partial charge >= 0.3 is 0 Å². The fourth-order valence-electron chi connectivity index (χ4n) is 2.24. The van der Waals surface area contributed by atoms with Crippen LogP contribution in [0.1, 0.15) is 36.5 Å². The molecule has 1 atom stereocenters. The fraction of sp³-hybridized carbons (Fsp3) is 0.467. The fourth-order valence-corrected chi connectivity index (χ4v) is 2.60. The lowest BCUT2D eigenvalue weighted by Crippen LogP contribution is -2.35. The van der Waals surface area contributed by atoms with Crippen molar-refractivity contribution >= 4 is 34.3 Å². The van der Waals surface area contributed by atoms with Gasteiger partial charge in [-0.3, -0.25) is 9.59 Å². The van der Waals surface area contributed by atoms with Crippen molar-refractivity contribution in [2.24, 2.45) is 5.92 Å². The van der Waals surface area contributed by atoms with Crippen LogP contribution in [0.25, 0.3) is 0 Å². The Hall–Kier alpha value is -0.910. The van der Waals surface area contributed by atoms with E-state index in [1.54, 1.807) is 4.90 Å². The number of nitrogens with zero attached hydrogens (tertiary/aromatic N) is 1. The van der Waals surface area contributed by atoms with Crippen molar-refractivity contribution in [1.82, 2.24) is 4.90 Å². The molecular weight excluding hydrogens is 353 g/mol. The summed E-state index contributed by atoms with van der Waals surface area (Å²) in [7, 11) is 0. The van der Waals surface area contributed by atoms with Crippen molar-refractivity contribution < 1.29 is 9.59 Å². The lowest BCUT2D eigenvalue weighted by Gasteiger charge is -2.19. The third-order valence-electron chi connectivity index (χ3n) is 3.60. The van der Waals surface area contributed by atoms with Crippen molar-refractivity contribution in [3.63, 3.8) is 0 Å². The predicted molar refractivity (Wildman–Crippen MR) is 83.1 cm³/mol. The molecule has 1 saturated heterocycles. The Morgan fingerprint density at radius 1 is 1.32 bits per heavy atom. The smallest absolute Gasteiger partial charge is 0.222 e. The first-order chi connectivity index (χ1) is 9.06. The number of amides is 1. The van der Waals surface area contributed by atoms with Gasteiger partial charge in [0.15, 0.2) is 5.78 Å². The SMILES string of the molecule is CC1CCC(=O)N(CC(=O)c2ccc(I)cc2)CC1. The van der Waals surface area contributed by atoms with Crippen molar-refractivity contribution in [3.05, 3.63) is 33.4 Å². The number of halogens is 1. The van der Waals surface area contributed by atoms with Gasteiger partial charge in [-0.15, -0.1) is 0 Å². The molecule has 0 radical (unpaired) electrons. The second-order valence-electron chi connectivity index (χ2n) is 5.18.